The van der Waals surface area contributed by atoms with Gasteiger partial charge in [-0.25, -0.2) is 39.4 Å². The summed E-state index contributed by atoms with van der Waals surface area (Å²) in [7, 11) is -12.2. The second-order valence-electron chi connectivity index (χ2n) is 13.1. The van der Waals surface area contributed by atoms with Crippen LogP contribution >= 0.6 is 0 Å². The van der Waals surface area contributed by atoms with E-state index in [-0.39, 0.29) is 17.0 Å². The van der Waals surface area contributed by atoms with Crippen LogP contribution in [0.15, 0.2) is 39.0 Å². The quantitative estimate of drug-likeness (QED) is 0.149. The molecule has 0 spiro atoms. The van der Waals surface area contributed by atoms with Crippen LogP contribution in [-0.4, -0.2) is 68.8 Å². The maximum absolute atomic E-state index is 12.4. The van der Waals surface area contributed by atoms with Gasteiger partial charge in [-0.2, -0.15) is 0 Å². The minimum atomic E-state index is -4.25. The topological polar surface area (TPSA) is 231 Å². The van der Waals surface area contributed by atoms with Gasteiger partial charge in [0, 0.05) is 35.8 Å². The summed E-state index contributed by atoms with van der Waals surface area (Å²) in [4.78, 5) is -1.48. The third-order valence-corrected chi connectivity index (χ3v) is 11.3. The molecule has 0 heterocycles. The van der Waals surface area contributed by atoms with Gasteiger partial charge in [-0.05, 0) is 92.0 Å². The molecule has 14 nitrogen and oxygen atoms in total. The Morgan fingerprint density at radius 2 is 1.07 bits per heavy atom. The van der Waals surface area contributed by atoms with E-state index in [9.17, 15) is 45.7 Å². The Morgan fingerprint density at radius 3 is 1.52 bits per heavy atom. The van der Waals surface area contributed by atoms with Crippen molar-refractivity contribution in [1.82, 2.24) is 19.5 Å². The molecular formula is C29H50N4O10S3. The highest BCUT2D eigenvalue weighted by molar-refractivity contribution is 7.90. The van der Waals surface area contributed by atoms with Crippen molar-refractivity contribution in [2.45, 2.75) is 126 Å². The first-order valence-electron chi connectivity index (χ1n) is 14.6. The molecule has 0 aliphatic heterocycles. The van der Waals surface area contributed by atoms with Crippen LogP contribution in [0.1, 0.15) is 87.6 Å². The Labute approximate surface area is 273 Å². The van der Waals surface area contributed by atoms with E-state index >= 15 is 0 Å². The fourth-order valence-electron chi connectivity index (χ4n) is 3.65. The van der Waals surface area contributed by atoms with Crippen molar-refractivity contribution in [3.05, 3.63) is 29.8 Å². The van der Waals surface area contributed by atoms with Crippen molar-refractivity contribution < 1.29 is 45.7 Å². The monoisotopic (exact) mass is 710 g/mol. The number of phenols is 4. The molecule has 0 amide bonds. The molecule has 0 bridgehead atoms. The minimum Gasteiger partial charge on any atom is -0.504 e. The molecule has 17 heteroatoms. The standard InChI is InChI=1S/C15H26N2O4S.C14H24N2O6S2/c1-5-10(3)16-9-12-7-13(18)15(19)14(8-12)22(20,21)17-11(4)6-2;1-13(2,3)15-23(19,20)9-7-10(17)12(18)11(8-9)24(21,22)16-14(4,5)6/h7-8,10-11,16-19H,5-6,9H2,1-4H3;7-8,15-18H,1-6H3. The van der Waals surface area contributed by atoms with Gasteiger partial charge in [0.2, 0.25) is 30.1 Å². The molecule has 0 aromatic heterocycles. The van der Waals surface area contributed by atoms with Gasteiger partial charge in [-0.15, -0.1) is 0 Å². The van der Waals surface area contributed by atoms with E-state index in [2.05, 4.69) is 19.5 Å². The highest BCUT2D eigenvalue weighted by Crippen LogP contribution is 2.36. The SMILES string of the molecule is CC(C)(C)NS(=O)(=O)c1cc(O)c(O)c(S(=O)(=O)NC(C)(C)C)c1.CCC(C)NCc1cc(O)c(O)c(S(=O)(=O)NC(C)CC)c1. The smallest absolute Gasteiger partial charge is 0.244 e. The van der Waals surface area contributed by atoms with Crippen LogP contribution in [0.3, 0.4) is 0 Å². The van der Waals surface area contributed by atoms with Crippen LogP contribution in [0.5, 0.6) is 23.0 Å². The molecule has 0 aliphatic rings. The Balaban J connectivity index is 0.000000462. The van der Waals surface area contributed by atoms with Crippen molar-refractivity contribution in [2.24, 2.45) is 0 Å². The molecule has 46 heavy (non-hydrogen) atoms. The van der Waals surface area contributed by atoms with Gasteiger partial charge in [0.1, 0.15) is 9.79 Å². The summed E-state index contributed by atoms with van der Waals surface area (Å²) in [5.74, 6) is -2.82. The minimum absolute atomic E-state index is 0.256. The fraction of sp³-hybridized carbons (Fsp3) is 0.586. The summed E-state index contributed by atoms with van der Waals surface area (Å²) < 4.78 is 81.2. The predicted molar refractivity (Wildman–Crippen MR) is 176 cm³/mol. The molecule has 0 aliphatic carbocycles. The van der Waals surface area contributed by atoms with E-state index < -0.39 is 73.9 Å². The summed E-state index contributed by atoms with van der Waals surface area (Å²) in [5.41, 5.74) is -1.07. The summed E-state index contributed by atoms with van der Waals surface area (Å²) >= 11 is 0. The van der Waals surface area contributed by atoms with Crippen LogP contribution in [0, 0.1) is 0 Å². The van der Waals surface area contributed by atoms with Gasteiger partial charge in [-0.3, -0.25) is 0 Å². The van der Waals surface area contributed by atoms with E-state index in [0.717, 1.165) is 18.6 Å². The molecule has 0 fully saturated rings. The van der Waals surface area contributed by atoms with Crippen LogP contribution in [0.4, 0.5) is 0 Å². The average Bonchev–Trinajstić information content (AvgIpc) is 2.87. The van der Waals surface area contributed by atoms with Gasteiger partial charge in [0.25, 0.3) is 0 Å². The zero-order valence-corrected chi connectivity index (χ0v) is 30.5. The number of hydrogen-bond acceptors (Lipinski definition) is 11. The molecular weight excluding hydrogens is 661 g/mol. The average molecular weight is 711 g/mol. The first-order valence-corrected chi connectivity index (χ1v) is 19.0. The molecule has 0 saturated heterocycles. The number of aromatic hydroxyl groups is 4. The van der Waals surface area contributed by atoms with Gasteiger partial charge in [0.05, 0.1) is 4.90 Å². The van der Waals surface area contributed by atoms with E-state index in [1.807, 2.05) is 20.8 Å². The second-order valence-corrected chi connectivity index (χ2v) is 18.1. The largest absolute Gasteiger partial charge is 0.504 e. The normalized spacial score (nSPS) is 14.3. The van der Waals surface area contributed by atoms with Crippen molar-refractivity contribution in [2.75, 3.05) is 0 Å². The molecule has 2 rings (SSSR count). The zero-order chi connectivity index (χ0) is 36.1. The zero-order valence-electron chi connectivity index (χ0n) is 28.0. The van der Waals surface area contributed by atoms with Crippen LogP contribution in [0.25, 0.3) is 0 Å². The highest BCUT2D eigenvalue weighted by Gasteiger charge is 2.30. The number of nitrogens with one attached hydrogen (secondary N) is 4. The number of phenolic OH excluding ortho intramolecular Hbond substituents is 4. The summed E-state index contributed by atoms with van der Waals surface area (Å²) in [5, 5.41) is 42.5. The fourth-order valence-corrected chi connectivity index (χ4v) is 8.24. The third-order valence-electron chi connectivity index (χ3n) is 6.15. The Kier molecular flexibility index (Phi) is 13.9. The van der Waals surface area contributed by atoms with E-state index in [1.165, 1.54) is 12.1 Å². The molecule has 2 aromatic carbocycles. The summed E-state index contributed by atoms with van der Waals surface area (Å²) in [6, 6.07) is 4.36. The Bertz CT molecular complexity index is 1680. The molecule has 2 atom stereocenters. The third kappa shape index (κ3) is 12.5. The van der Waals surface area contributed by atoms with E-state index in [4.69, 9.17) is 0 Å². The second kappa shape index (κ2) is 15.5. The van der Waals surface area contributed by atoms with Crippen molar-refractivity contribution >= 4 is 30.1 Å². The van der Waals surface area contributed by atoms with Gasteiger partial charge in [0.15, 0.2) is 23.0 Å². The van der Waals surface area contributed by atoms with E-state index in [0.29, 0.717) is 18.5 Å². The van der Waals surface area contributed by atoms with Crippen LogP contribution in [0.2, 0.25) is 0 Å². The lowest BCUT2D eigenvalue weighted by atomic mass is 10.1. The predicted octanol–water partition coefficient (Wildman–Crippen LogP) is 3.31. The lowest BCUT2D eigenvalue weighted by Crippen LogP contribution is -2.41. The molecule has 264 valence electrons. The van der Waals surface area contributed by atoms with Gasteiger partial charge in [-0.1, -0.05) is 13.8 Å². The number of benzene rings is 2. The number of hydrogen-bond donors (Lipinski definition) is 8. The van der Waals surface area contributed by atoms with Gasteiger partial charge < -0.3 is 25.7 Å². The number of sulfonamides is 3. The Morgan fingerprint density at radius 1 is 0.630 bits per heavy atom. The molecule has 2 aromatic rings. The first kappa shape index (κ1) is 41.4. The van der Waals surface area contributed by atoms with Crippen molar-refractivity contribution in [3.63, 3.8) is 0 Å². The Hall–Kier alpha value is -2.67. The molecule has 8 N–H and O–H groups in total. The van der Waals surface area contributed by atoms with E-state index in [1.54, 1.807) is 48.5 Å². The lowest BCUT2D eigenvalue weighted by molar-refractivity contribution is 0.389. The first-order chi connectivity index (χ1) is 20.7. The maximum atomic E-state index is 12.4. The number of rotatable bonds is 12. The van der Waals surface area contributed by atoms with Crippen molar-refractivity contribution in [1.29, 1.82) is 0 Å². The lowest BCUT2D eigenvalue weighted by Gasteiger charge is -2.22. The molecule has 0 saturated carbocycles. The molecule has 2 unspecified atom stereocenters. The van der Waals surface area contributed by atoms with Gasteiger partial charge >= 0.3 is 0 Å². The van der Waals surface area contributed by atoms with Crippen molar-refractivity contribution in [3.8, 4) is 23.0 Å². The highest BCUT2D eigenvalue weighted by atomic mass is 32.2. The molecule has 0 radical (unpaired) electrons. The van der Waals surface area contributed by atoms with Crippen LogP contribution < -0.4 is 19.5 Å². The van der Waals surface area contributed by atoms with Crippen LogP contribution in [-0.2, 0) is 36.6 Å². The summed E-state index contributed by atoms with van der Waals surface area (Å²) in [6.45, 7) is 17.7. The summed E-state index contributed by atoms with van der Waals surface area (Å²) in [6.07, 6.45) is 1.56. The maximum Gasteiger partial charge on any atom is 0.244 e.